The lowest BCUT2D eigenvalue weighted by molar-refractivity contribution is 0.0849. The second-order valence-electron chi connectivity index (χ2n) is 4.76. The minimum Gasteiger partial charge on any atom is -0.394 e. The van der Waals surface area contributed by atoms with Crippen LogP contribution >= 0.6 is 0 Å². The van der Waals surface area contributed by atoms with Crippen molar-refractivity contribution in [2.45, 2.75) is 25.8 Å². The van der Waals surface area contributed by atoms with Crippen molar-refractivity contribution >= 4 is 16.9 Å². The molecular weight excluding hydrogens is 242 g/mol. The van der Waals surface area contributed by atoms with Gasteiger partial charge in [0.1, 0.15) is 5.52 Å². The summed E-state index contributed by atoms with van der Waals surface area (Å²) in [5.74, 6) is -0.246. The highest BCUT2D eigenvalue weighted by Crippen LogP contribution is 2.16. The molecule has 1 heterocycles. The van der Waals surface area contributed by atoms with Crippen molar-refractivity contribution in [2.24, 2.45) is 0 Å². The van der Waals surface area contributed by atoms with E-state index in [1.807, 2.05) is 19.9 Å². The van der Waals surface area contributed by atoms with Crippen LogP contribution in [0.3, 0.4) is 0 Å². The Hall–Kier alpha value is -2.01. The van der Waals surface area contributed by atoms with E-state index in [9.17, 15) is 9.90 Å². The number of hydrogen-bond acceptors (Lipinski definition) is 4. The molecule has 0 aliphatic carbocycles. The molecule has 100 valence electrons. The van der Waals surface area contributed by atoms with Crippen molar-refractivity contribution in [1.29, 1.82) is 0 Å². The average Bonchev–Trinajstić information content (AvgIpc) is 2.46. The summed E-state index contributed by atoms with van der Waals surface area (Å²) in [5, 5.41) is 12.2. The van der Waals surface area contributed by atoms with E-state index in [0.29, 0.717) is 23.0 Å². The molecule has 1 atom stereocenters. The molecule has 5 heteroatoms. The molecule has 1 unspecified atom stereocenters. The SMILES string of the molecule is CCC(C)(CO)NC(=O)c1cccc2nccnc12. The van der Waals surface area contributed by atoms with Crippen molar-refractivity contribution in [3.63, 3.8) is 0 Å². The maximum atomic E-state index is 12.3. The standard InChI is InChI=1S/C14H17N3O2/c1-3-14(2,9-18)17-13(19)10-5-4-6-11-12(10)16-8-7-15-11/h4-8,18H,3,9H2,1-2H3,(H,17,19). The Bertz CT molecular complexity index is 589. The van der Waals surface area contributed by atoms with Gasteiger partial charge in [0, 0.05) is 12.4 Å². The molecule has 0 spiro atoms. The zero-order chi connectivity index (χ0) is 13.9. The molecule has 0 radical (unpaired) electrons. The molecule has 1 aromatic heterocycles. The van der Waals surface area contributed by atoms with Gasteiger partial charge in [0.2, 0.25) is 0 Å². The molecule has 2 aromatic rings. The maximum absolute atomic E-state index is 12.3. The third-order valence-corrected chi connectivity index (χ3v) is 3.29. The van der Waals surface area contributed by atoms with Crippen LogP contribution in [0.25, 0.3) is 11.0 Å². The minimum absolute atomic E-state index is 0.105. The number of nitrogens with zero attached hydrogens (tertiary/aromatic N) is 2. The van der Waals surface area contributed by atoms with Crippen LogP contribution in [0, 0.1) is 0 Å². The molecular formula is C14H17N3O2. The number of benzene rings is 1. The number of fused-ring (bicyclic) bond motifs is 1. The summed E-state index contributed by atoms with van der Waals surface area (Å²) in [6.07, 6.45) is 3.80. The number of hydrogen-bond donors (Lipinski definition) is 2. The van der Waals surface area contributed by atoms with Gasteiger partial charge in [0.15, 0.2) is 0 Å². The van der Waals surface area contributed by atoms with Gasteiger partial charge >= 0.3 is 0 Å². The minimum atomic E-state index is -0.624. The number of aliphatic hydroxyl groups is 1. The lowest BCUT2D eigenvalue weighted by Crippen LogP contribution is -2.48. The Labute approximate surface area is 111 Å². The summed E-state index contributed by atoms with van der Waals surface area (Å²) in [7, 11) is 0. The topological polar surface area (TPSA) is 75.1 Å². The van der Waals surface area contributed by atoms with Gasteiger partial charge in [-0.25, -0.2) is 0 Å². The van der Waals surface area contributed by atoms with E-state index in [1.165, 1.54) is 0 Å². The Morgan fingerprint density at radius 3 is 2.79 bits per heavy atom. The molecule has 0 aliphatic heterocycles. The molecule has 0 bridgehead atoms. The molecule has 0 saturated heterocycles. The average molecular weight is 259 g/mol. The number of aliphatic hydroxyl groups excluding tert-OH is 1. The quantitative estimate of drug-likeness (QED) is 0.873. The van der Waals surface area contributed by atoms with Gasteiger partial charge in [0.25, 0.3) is 5.91 Å². The Balaban J connectivity index is 2.37. The number of carbonyl (C=O) groups is 1. The molecule has 1 aromatic carbocycles. The predicted molar refractivity (Wildman–Crippen MR) is 72.8 cm³/mol. The third-order valence-electron chi connectivity index (χ3n) is 3.29. The van der Waals surface area contributed by atoms with Crippen molar-refractivity contribution < 1.29 is 9.90 Å². The van der Waals surface area contributed by atoms with Crippen LogP contribution in [0.2, 0.25) is 0 Å². The maximum Gasteiger partial charge on any atom is 0.254 e. The van der Waals surface area contributed by atoms with E-state index in [0.717, 1.165) is 0 Å². The van der Waals surface area contributed by atoms with E-state index in [1.54, 1.807) is 24.5 Å². The second-order valence-corrected chi connectivity index (χ2v) is 4.76. The van der Waals surface area contributed by atoms with Crippen molar-refractivity contribution in [3.05, 3.63) is 36.2 Å². The van der Waals surface area contributed by atoms with Gasteiger partial charge < -0.3 is 10.4 Å². The summed E-state index contributed by atoms with van der Waals surface area (Å²) in [6, 6.07) is 5.29. The zero-order valence-corrected chi connectivity index (χ0v) is 11.1. The van der Waals surface area contributed by atoms with Crippen molar-refractivity contribution in [3.8, 4) is 0 Å². The van der Waals surface area contributed by atoms with Gasteiger partial charge in [-0.15, -0.1) is 0 Å². The van der Waals surface area contributed by atoms with Gasteiger partial charge in [-0.3, -0.25) is 14.8 Å². The number of amides is 1. The fourth-order valence-corrected chi connectivity index (χ4v) is 1.76. The summed E-state index contributed by atoms with van der Waals surface area (Å²) in [4.78, 5) is 20.7. The molecule has 0 aliphatic rings. The summed E-state index contributed by atoms with van der Waals surface area (Å²) in [5.41, 5.74) is 1.09. The largest absolute Gasteiger partial charge is 0.394 e. The third kappa shape index (κ3) is 2.71. The lowest BCUT2D eigenvalue weighted by atomic mass is 9.99. The van der Waals surface area contributed by atoms with Crippen LogP contribution in [0.4, 0.5) is 0 Å². The van der Waals surface area contributed by atoms with Gasteiger partial charge in [0.05, 0.1) is 23.2 Å². The number of para-hydroxylation sites is 1. The lowest BCUT2D eigenvalue weighted by Gasteiger charge is -2.27. The highest BCUT2D eigenvalue weighted by atomic mass is 16.3. The molecule has 19 heavy (non-hydrogen) atoms. The van der Waals surface area contributed by atoms with Crippen LogP contribution in [-0.2, 0) is 0 Å². The van der Waals surface area contributed by atoms with Crippen LogP contribution in [0.1, 0.15) is 30.6 Å². The van der Waals surface area contributed by atoms with E-state index >= 15 is 0 Å². The first-order chi connectivity index (χ1) is 9.09. The normalized spacial score (nSPS) is 14.1. The number of aromatic nitrogens is 2. The van der Waals surface area contributed by atoms with Gasteiger partial charge in [-0.2, -0.15) is 0 Å². The van der Waals surface area contributed by atoms with Crippen molar-refractivity contribution in [2.75, 3.05) is 6.61 Å². The molecule has 1 amide bonds. The predicted octanol–water partition coefficient (Wildman–Crippen LogP) is 1.52. The zero-order valence-electron chi connectivity index (χ0n) is 11.1. The Morgan fingerprint density at radius 1 is 1.37 bits per heavy atom. The highest BCUT2D eigenvalue weighted by Gasteiger charge is 2.24. The molecule has 0 fully saturated rings. The van der Waals surface area contributed by atoms with E-state index in [4.69, 9.17) is 0 Å². The molecule has 0 saturated carbocycles. The van der Waals surface area contributed by atoms with E-state index < -0.39 is 5.54 Å². The first-order valence-corrected chi connectivity index (χ1v) is 6.23. The van der Waals surface area contributed by atoms with Gasteiger partial charge in [-0.1, -0.05) is 13.0 Å². The second kappa shape index (κ2) is 5.32. The first kappa shape index (κ1) is 13.4. The molecule has 5 nitrogen and oxygen atoms in total. The summed E-state index contributed by atoms with van der Waals surface area (Å²) >= 11 is 0. The van der Waals surface area contributed by atoms with E-state index in [2.05, 4.69) is 15.3 Å². The van der Waals surface area contributed by atoms with Crippen LogP contribution in [-0.4, -0.2) is 33.1 Å². The monoisotopic (exact) mass is 259 g/mol. The Kier molecular flexibility index (Phi) is 3.76. The fraction of sp³-hybridized carbons (Fsp3) is 0.357. The Morgan fingerprint density at radius 2 is 2.11 bits per heavy atom. The number of nitrogens with one attached hydrogen (secondary N) is 1. The van der Waals surface area contributed by atoms with Gasteiger partial charge in [-0.05, 0) is 25.5 Å². The van der Waals surface area contributed by atoms with Crippen LogP contribution < -0.4 is 5.32 Å². The molecule has 2 rings (SSSR count). The van der Waals surface area contributed by atoms with Crippen LogP contribution in [0.15, 0.2) is 30.6 Å². The summed E-state index contributed by atoms with van der Waals surface area (Å²) < 4.78 is 0. The number of carbonyl (C=O) groups excluding carboxylic acids is 1. The fourth-order valence-electron chi connectivity index (χ4n) is 1.76. The van der Waals surface area contributed by atoms with Crippen LogP contribution in [0.5, 0.6) is 0 Å². The smallest absolute Gasteiger partial charge is 0.254 e. The first-order valence-electron chi connectivity index (χ1n) is 6.23. The van der Waals surface area contributed by atoms with E-state index in [-0.39, 0.29) is 12.5 Å². The van der Waals surface area contributed by atoms with Crippen molar-refractivity contribution in [1.82, 2.24) is 15.3 Å². The number of rotatable bonds is 4. The summed E-state index contributed by atoms with van der Waals surface area (Å²) in [6.45, 7) is 3.62. The highest BCUT2D eigenvalue weighted by molar-refractivity contribution is 6.04. The molecule has 2 N–H and O–H groups in total.